The van der Waals surface area contributed by atoms with Crippen LogP contribution >= 0.6 is 0 Å². The number of aryl methyl sites for hydroxylation is 2. The molecule has 0 aliphatic heterocycles. The standard InChI is InChI=1S/C25H22F4N4O/c1-14-4-5-17(8-15(14)2)9-23-31-21(11-24(34)32-23)22-12-33(13-30-22)16(3)19-7-6-18(10-20(19)26)25(27,28)29/h4-8,10-13,16H,9H2,1-3H3,(H,31,32,34). The van der Waals surface area contributed by atoms with Gasteiger partial charge in [0, 0.05) is 24.2 Å². The molecule has 1 unspecified atom stereocenters. The maximum absolute atomic E-state index is 14.4. The van der Waals surface area contributed by atoms with E-state index in [1.54, 1.807) is 17.7 Å². The van der Waals surface area contributed by atoms with E-state index in [0.717, 1.165) is 23.3 Å². The maximum atomic E-state index is 14.4. The Hall–Kier alpha value is -3.75. The van der Waals surface area contributed by atoms with Crippen molar-refractivity contribution in [3.63, 3.8) is 0 Å². The van der Waals surface area contributed by atoms with Crippen molar-refractivity contribution in [2.24, 2.45) is 0 Å². The third kappa shape index (κ3) is 4.93. The number of nitrogens with one attached hydrogen (secondary N) is 1. The summed E-state index contributed by atoms with van der Waals surface area (Å²) in [5.74, 6) is -0.482. The van der Waals surface area contributed by atoms with Crippen LogP contribution < -0.4 is 5.56 Å². The minimum absolute atomic E-state index is 0.0891. The third-order valence-electron chi connectivity index (χ3n) is 5.82. The van der Waals surface area contributed by atoms with Gasteiger partial charge in [-0.2, -0.15) is 13.2 Å². The summed E-state index contributed by atoms with van der Waals surface area (Å²) in [5, 5.41) is 0. The first-order chi connectivity index (χ1) is 16.0. The highest BCUT2D eigenvalue weighted by molar-refractivity contribution is 5.52. The molecule has 1 atom stereocenters. The van der Waals surface area contributed by atoms with Crippen LogP contribution in [0.1, 0.15) is 46.6 Å². The molecule has 2 aromatic carbocycles. The van der Waals surface area contributed by atoms with Crippen LogP contribution in [0.15, 0.2) is 59.8 Å². The van der Waals surface area contributed by atoms with E-state index < -0.39 is 23.6 Å². The van der Waals surface area contributed by atoms with Gasteiger partial charge in [-0.15, -0.1) is 0 Å². The number of alkyl halides is 3. The summed E-state index contributed by atoms with van der Waals surface area (Å²) in [6.07, 6.45) is -1.17. The van der Waals surface area contributed by atoms with Crippen LogP contribution in [0.4, 0.5) is 17.6 Å². The molecule has 0 spiro atoms. The number of nitrogens with zero attached hydrogens (tertiary/aromatic N) is 3. The van der Waals surface area contributed by atoms with E-state index in [0.29, 0.717) is 29.7 Å². The van der Waals surface area contributed by atoms with Crippen molar-refractivity contribution in [1.29, 1.82) is 0 Å². The molecule has 9 heteroatoms. The molecule has 0 aliphatic carbocycles. The highest BCUT2D eigenvalue weighted by atomic mass is 19.4. The highest BCUT2D eigenvalue weighted by Crippen LogP contribution is 2.32. The third-order valence-corrected chi connectivity index (χ3v) is 5.82. The van der Waals surface area contributed by atoms with Gasteiger partial charge in [-0.1, -0.05) is 24.3 Å². The summed E-state index contributed by atoms with van der Waals surface area (Å²) in [6, 6.07) is 9.18. The van der Waals surface area contributed by atoms with Crippen LogP contribution in [-0.4, -0.2) is 19.5 Å². The van der Waals surface area contributed by atoms with E-state index in [2.05, 4.69) is 15.0 Å². The van der Waals surface area contributed by atoms with Crippen molar-refractivity contribution in [2.45, 2.75) is 39.4 Å². The fraction of sp³-hybridized carbons (Fsp3) is 0.240. The zero-order chi connectivity index (χ0) is 24.6. The molecule has 5 nitrogen and oxygen atoms in total. The Balaban J connectivity index is 1.60. The van der Waals surface area contributed by atoms with Gasteiger partial charge in [0.15, 0.2) is 0 Å². The van der Waals surface area contributed by atoms with E-state index in [9.17, 15) is 22.4 Å². The van der Waals surface area contributed by atoms with Gasteiger partial charge >= 0.3 is 6.18 Å². The Morgan fingerprint density at radius 1 is 1.03 bits per heavy atom. The molecule has 4 rings (SSSR count). The molecular formula is C25H22F4N4O. The first kappa shape index (κ1) is 23.4. The number of benzene rings is 2. The number of hydrogen-bond donors (Lipinski definition) is 1. The van der Waals surface area contributed by atoms with Crippen LogP contribution in [0.2, 0.25) is 0 Å². The summed E-state index contributed by atoms with van der Waals surface area (Å²) in [6.45, 7) is 5.68. The summed E-state index contributed by atoms with van der Waals surface area (Å²) in [7, 11) is 0. The first-order valence-corrected chi connectivity index (χ1v) is 10.6. The molecule has 1 N–H and O–H groups in total. The smallest absolute Gasteiger partial charge is 0.329 e. The molecule has 4 aromatic rings. The second-order valence-electron chi connectivity index (χ2n) is 8.29. The summed E-state index contributed by atoms with van der Waals surface area (Å²) in [5.41, 5.74) is 2.76. The van der Waals surface area contributed by atoms with E-state index in [-0.39, 0.29) is 11.1 Å². The lowest BCUT2D eigenvalue weighted by atomic mass is 10.0. The molecule has 0 saturated carbocycles. The van der Waals surface area contributed by atoms with Crippen molar-refractivity contribution >= 4 is 0 Å². The van der Waals surface area contributed by atoms with E-state index in [1.165, 1.54) is 18.0 Å². The number of halogens is 4. The van der Waals surface area contributed by atoms with Crippen molar-refractivity contribution < 1.29 is 17.6 Å². The van der Waals surface area contributed by atoms with Crippen molar-refractivity contribution in [2.75, 3.05) is 0 Å². The molecule has 0 fully saturated rings. The quantitative estimate of drug-likeness (QED) is 0.386. The maximum Gasteiger partial charge on any atom is 0.416 e. The van der Waals surface area contributed by atoms with Gasteiger partial charge in [0.05, 0.1) is 23.6 Å². The summed E-state index contributed by atoms with van der Waals surface area (Å²) < 4.78 is 54.5. The van der Waals surface area contributed by atoms with Gasteiger partial charge < -0.3 is 9.55 Å². The Kier molecular flexibility index (Phi) is 6.12. The second kappa shape index (κ2) is 8.89. The van der Waals surface area contributed by atoms with Gasteiger partial charge in [0.2, 0.25) is 0 Å². The number of aromatic nitrogens is 4. The molecule has 0 aliphatic rings. The molecule has 0 amide bonds. The number of hydrogen-bond acceptors (Lipinski definition) is 3. The number of aromatic amines is 1. The monoisotopic (exact) mass is 470 g/mol. The van der Waals surface area contributed by atoms with Crippen LogP contribution in [0, 0.1) is 19.7 Å². The topological polar surface area (TPSA) is 63.6 Å². The Bertz CT molecular complexity index is 1400. The summed E-state index contributed by atoms with van der Waals surface area (Å²) in [4.78, 5) is 23.8. The van der Waals surface area contributed by atoms with Crippen molar-refractivity contribution in [1.82, 2.24) is 19.5 Å². The van der Waals surface area contributed by atoms with E-state index in [4.69, 9.17) is 0 Å². The average Bonchev–Trinajstić information content (AvgIpc) is 3.25. The van der Waals surface area contributed by atoms with Gasteiger partial charge in [-0.05, 0) is 49.6 Å². The Labute approximate surface area is 193 Å². The van der Waals surface area contributed by atoms with Crippen LogP contribution in [-0.2, 0) is 12.6 Å². The molecular weight excluding hydrogens is 448 g/mol. The van der Waals surface area contributed by atoms with E-state index in [1.807, 2.05) is 32.0 Å². The lowest BCUT2D eigenvalue weighted by Gasteiger charge is -2.16. The number of imidazole rings is 1. The minimum atomic E-state index is -4.62. The predicted octanol–water partition coefficient (Wildman–Crippen LogP) is 5.61. The highest BCUT2D eigenvalue weighted by Gasteiger charge is 2.31. The Morgan fingerprint density at radius 2 is 1.79 bits per heavy atom. The fourth-order valence-corrected chi connectivity index (χ4v) is 3.71. The zero-order valence-corrected chi connectivity index (χ0v) is 18.7. The largest absolute Gasteiger partial charge is 0.416 e. The lowest BCUT2D eigenvalue weighted by molar-refractivity contribution is -0.137. The predicted molar refractivity (Wildman–Crippen MR) is 120 cm³/mol. The first-order valence-electron chi connectivity index (χ1n) is 10.6. The molecule has 176 valence electrons. The van der Waals surface area contributed by atoms with Crippen LogP contribution in [0.25, 0.3) is 11.4 Å². The zero-order valence-electron chi connectivity index (χ0n) is 18.7. The van der Waals surface area contributed by atoms with Crippen molar-refractivity contribution in [3.05, 3.63) is 105 Å². The molecule has 34 heavy (non-hydrogen) atoms. The van der Waals surface area contributed by atoms with Gasteiger partial charge in [-0.25, -0.2) is 14.4 Å². The molecule has 0 saturated heterocycles. The molecule has 2 heterocycles. The van der Waals surface area contributed by atoms with Gasteiger partial charge in [0.25, 0.3) is 5.56 Å². The van der Waals surface area contributed by atoms with E-state index >= 15 is 0 Å². The average molecular weight is 470 g/mol. The van der Waals surface area contributed by atoms with Crippen LogP contribution in [0.3, 0.4) is 0 Å². The minimum Gasteiger partial charge on any atom is -0.329 e. The lowest BCUT2D eigenvalue weighted by Crippen LogP contribution is -2.12. The Morgan fingerprint density at radius 3 is 2.47 bits per heavy atom. The van der Waals surface area contributed by atoms with Crippen molar-refractivity contribution in [3.8, 4) is 11.4 Å². The summed E-state index contributed by atoms with van der Waals surface area (Å²) >= 11 is 0. The molecule has 0 bridgehead atoms. The fourth-order valence-electron chi connectivity index (χ4n) is 3.71. The van der Waals surface area contributed by atoms with Gasteiger partial charge in [-0.3, -0.25) is 4.79 Å². The SMILES string of the molecule is Cc1ccc(Cc2nc(-c3cn(C(C)c4ccc(C(F)(F)F)cc4F)cn3)cc(=O)[nH]2)cc1C. The van der Waals surface area contributed by atoms with Crippen LogP contribution in [0.5, 0.6) is 0 Å². The molecule has 2 aromatic heterocycles. The second-order valence-corrected chi connectivity index (χ2v) is 8.29. The molecule has 0 radical (unpaired) electrons. The number of rotatable bonds is 5. The normalized spacial score (nSPS) is 12.7. The number of H-pyrrole nitrogens is 1. The van der Waals surface area contributed by atoms with Gasteiger partial charge in [0.1, 0.15) is 17.3 Å².